The largest absolute Gasteiger partial charge is 3.00 e. The number of anilines is 3. The molecular formula is C123H108Ir4N17O2S-4. The van der Waals surface area contributed by atoms with Crippen molar-refractivity contribution in [2.24, 2.45) is 0 Å². The molecule has 0 aliphatic carbocycles. The maximum atomic E-state index is 9.69. The number of aromatic hydroxyl groups is 1. The van der Waals surface area contributed by atoms with E-state index in [2.05, 4.69) is 405 Å². The van der Waals surface area contributed by atoms with E-state index in [0.29, 0.717) is 17.4 Å². The van der Waals surface area contributed by atoms with Crippen molar-refractivity contribution in [3.63, 3.8) is 0 Å². The summed E-state index contributed by atoms with van der Waals surface area (Å²) in [6, 6.07) is 135. The van der Waals surface area contributed by atoms with Crippen LogP contribution in [0.25, 0.3) is 154 Å². The van der Waals surface area contributed by atoms with Crippen LogP contribution in [-0.4, -0.2) is 85.9 Å². The minimum Gasteiger partial charge on any atom is -0.507 e. The summed E-state index contributed by atoms with van der Waals surface area (Å²) in [4.78, 5) is 28.6. The molecule has 0 amide bonds. The van der Waals surface area contributed by atoms with Crippen LogP contribution in [-0.2, 0) is 107 Å². The Hall–Kier alpha value is -14.1. The Bertz CT molecular complexity index is 7940. The molecule has 0 fully saturated rings. The number of hydrogen-bond acceptors (Lipinski definition) is 16. The van der Waals surface area contributed by atoms with Gasteiger partial charge in [0, 0.05) is 133 Å². The van der Waals surface area contributed by atoms with Crippen LogP contribution < -0.4 is 9.80 Å². The van der Waals surface area contributed by atoms with Gasteiger partial charge in [0.15, 0.2) is 23.0 Å². The number of para-hydroxylation sites is 14. The van der Waals surface area contributed by atoms with Gasteiger partial charge in [-0.05, 0) is 141 Å². The van der Waals surface area contributed by atoms with Crippen LogP contribution >= 0.6 is 11.3 Å². The summed E-state index contributed by atoms with van der Waals surface area (Å²) in [6.07, 6.45) is 1.81. The maximum Gasteiger partial charge on any atom is 3.00 e. The van der Waals surface area contributed by atoms with Crippen LogP contribution in [0, 0.1) is 43.1 Å². The predicted octanol–water partition coefficient (Wildman–Crippen LogP) is 29.5. The molecule has 19 nitrogen and oxygen atoms in total. The fourth-order valence-corrected chi connectivity index (χ4v) is 18.1. The maximum absolute atomic E-state index is 9.69. The van der Waals surface area contributed by atoms with E-state index >= 15 is 0 Å². The molecule has 147 heavy (non-hydrogen) atoms. The third kappa shape index (κ3) is 23.2. The zero-order valence-electron chi connectivity index (χ0n) is 84.3. The standard InChI is InChI=1S/C23H25N4.3C20H18N3.C14H12N2.C13H9NO2.C13H8NS.4Ir/c1-22(2,3)19-24-20(23(4,5)6)26-21(25-19)27-17-13-9-7-11-15(17)16-12-8-10-14-18(16)27;3*1-20(2,3)18-12-13-19(22-21-18)23-16-10-6-4-8-14(16)15-9-5-7-11-17(15)23;1-15-11-16(12-7-3-2-4-8-12)14-10-6-5-9-13(14)15;15-11-7-3-1-5-9(11)13-14-10-6-2-4-8-12(10)16-13;1-2-7-12-10(5-1)9-13(15-12)11-6-3-4-8-14-11;;;;/h7-13H,1-6H3;3*4-10,12-13H,1-3H3;2-7,9-11H,1H3;1-8,15H;1-8H;;;;/q4*-1;-2;;-1;;;;+3. The summed E-state index contributed by atoms with van der Waals surface area (Å²) in [5, 5.41) is 47.1. The van der Waals surface area contributed by atoms with Crippen molar-refractivity contribution in [3.05, 3.63) is 424 Å². The van der Waals surface area contributed by atoms with Gasteiger partial charge < -0.3 is 42.6 Å². The van der Waals surface area contributed by atoms with Crippen LogP contribution in [0.15, 0.2) is 356 Å². The van der Waals surface area contributed by atoms with Crippen LogP contribution in [0.2, 0.25) is 0 Å². The van der Waals surface area contributed by atoms with Crippen molar-refractivity contribution in [2.45, 2.75) is 131 Å². The second-order valence-corrected chi connectivity index (χ2v) is 41.2. The van der Waals surface area contributed by atoms with E-state index in [-0.39, 0.29) is 113 Å². The van der Waals surface area contributed by atoms with Crippen LogP contribution in [0.3, 0.4) is 0 Å². The molecule has 1 N–H and O–H groups in total. The molecule has 0 unspecified atom stereocenters. The van der Waals surface area contributed by atoms with Crippen LogP contribution in [0.5, 0.6) is 5.75 Å². The number of pyridine rings is 1. The first-order valence-corrected chi connectivity index (χ1v) is 48.6. The number of benzene rings is 13. The molecule has 12 heterocycles. The first-order chi connectivity index (χ1) is 69.0. The molecule has 0 spiro atoms. The van der Waals surface area contributed by atoms with Crippen molar-refractivity contribution in [3.8, 4) is 51.2 Å². The molecule has 11 aromatic heterocycles. The third-order valence-corrected chi connectivity index (χ3v) is 25.6. The third-order valence-electron chi connectivity index (χ3n) is 24.5. The second kappa shape index (κ2) is 45.5. The summed E-state index contributed by atoms with van der Waals surface area (Å²) in [5.41, 5.74) is 17.8. The predicted molar refractivity (Wildman–Crippen MR) is 584 cm³/mol. The van der Waals surface area contributed by atoms with Crippen molar-refractivity contribution in [1.82, 2.24) is 73.8 Å². The van der Waals surface area contributed by atoms with Gasteiger partial charge >= 0.3 is 20.1 Å². The number of nitrogens with zero attached hydrogens (tertiary/aromatic N) is 17. The molecule has 743 valence electrons. The van der Waals surface area contributed by atoms with Gasteiger partial charge in [0.2, 0.25) is 11.8 Å². The zero-order chi connectivity index (χ0) is 99.5. The number of phenols is 1. The molecule has 1 aliphatic heterocycles. The van der Waals surface area contributed by atoms with Gasteiger partial charge in [-0.25, -0.2) is 21.3 Å². The fraction of sp³-hybridized carbons (Fsp3) is 0.171. The first-order valence-electron chi connectivity index (χ1n) is 47.8. The monoisotopic (exact) mass is 2660 g/mol. The van der Waals surface area contributed by atoms with Crippen molar-refractivity contribution in [1.29, 1.82) is 0 Å². The number of aromatic nitrogens is 15. The first kappa shape index (κ1) is 107. The zero-order valence-corrected chi connectivity index (χ0v) is 94.7. The molecular weight excluding hydrogens is 2550 g/mol. The summed E-state index contributed by atoms with van der Waals surface area (Å²) in [6.45, 7) is 34.2. The van der Waals surface area contributed by atoms with Gasteiger partial charge in [-0.15, -0.1) is 66.1 Å². The molecule has 0 atom stereocenters. The van der Waals surface area contributed by atoms with E-state index in [1.165, 1.54) is 59.2 Å². The van der Waals surface area contributed by atoms with Crippen molar-refractivity contribution >= 4 is 137 Å². The average Bonchev–Trinajstić information content (AvgIpc) is 1.63. The molecule has 24 aromatic rings. The average molecular weight is 2660 g/mol. The molecule has 0 saturated heterocycles. The quantitative estimate of drug-likeness (QED) is 0.148. The van der Waals surface area contributed by atoms with E-state index in [9.17, 15) is 5.11 Å². The topological polar surface area (TPSA) is 201 Å². The SMILES string of the molecule is CC(C)(C)c1ccc(-n2c3[c-]cccc3c3ccccc32)nn1.CC(C)(C)c1ccc(-n2c3[c-]cccc3c3ccccc32)nn1.CC(C)(C)c1ccc(-n2c3[c-]cccc3c3ccccc32)nn1.CC(C)(C)c1nc(-n2c3[c-]cccc3c3ccccc32)nc(C(C)(C)C)n1.CN1[CH-]N(c2[c-]cccc2)c2ccccc21.Oc1ccccc1-c1nc2ccccc2o1.[Ir+3].[Ir].[Ir].[Ir].[c-]1c(-c2ccccn2)sc2ccccc12. The van der Waals surface area contributed by atoms with Crippen molar-refractivity contribution < 1.29 is 89.9 Å². The van der Waals surface area contributed by atoms with Gasteiger partial charge in [0.25, 0.3) is 0 Å². The number of hydrogen-bond donors (Lipinski definition) is 1. The Morgan fingerprint density at radius 3 is 1.14 bits per heavy atom. The minimum absolute atomic E-state index is 0. The molecule has 1 aliphatic rings. The summed E-state index contributed by atoms with van der Waals surface area (Å²) in [7, 11) is 2.06. The normalized spacial score (nSPS) is 11.8. The Morgan fingerprint density at radius 1 is 0.340 bits per heavy atom. The van der Waals surface area contributed by atoms with Gasteiger partial charge in [-0.2, -0.15) is 159 Å². The Labute approximate surface area is 915 Å². The smallest absolute Gasteiger partial charge is 0.507 e. The second-order valence-electron chi connectivity index (χ2n) is 40.1. The molecule has 25 rings (SSSR count). The van der Waals surface area contributed by atoms with E-state index in [4.69, 9.17) is 19.4 Å². The van der Waals surface area contributed by atoms with Gasteiger partial charge in [-0.1, -0.05) is 259 Å². The van der Waals surface area contributed by atoms with E-state index in [1.54, 1.807) is 29.5 Å². The van der Waals surface area contributed by atoms with Gasteiger partial charge in [-0.3, -0.25) is 0 Å². The number of rotatable bonds is 7. The number of fused-ring (bicyclic) bond motifs is 15. The number of phenolic OH excluding ortho intramolecular Hbond substituents is 1. The molecule has 24 heteroatoms. The van der Waals surface area contributed by atoms with Crippen molar-refractivity contribution in [2.75, 3.05) is 16.8 Å². The van der Waals surface area contributed by atoms with Crippen LogP contribution in [0.1, 0.15) is 133 Å². The Balaban J connectivity index is 0.000000129. The number of oxazole rings is 1. The van der Waals surface area contributed by atoms with Gasteiger partial charge in [0.1, 0.15) is 22.9 Å². The number of thiophene rings is 1. The molecule has 0 saturated carbocycles. The fourth-order valence-electron chi connectivity index (χ4n) is 17.1. The summed E-state index contributed by atoms with van der Waals surface area (Å²) in [5.74, 6) is 5.37. The van der Waals surface area contributed by atoms with E-state index in [1.807, 2.05) is 152 Å². The Kier molecular flexibility index (Phi) is 33.1. The molecule has 3 radical (unpaired) electrons. The molecule has 0 bridgehead atoms. The Morgan fingerprint density at radius 2 is 0.728 bits per heavy atom. The summed E-state index contributed by atoms with van der Waals surface area (Å²) < 4.78 is 15.3. The van der Waals surface area contributed by atoms with E-state index < -0.39 is 0 Å². The van der Waals surface area contributed by atoms with Gasteiger partial charge in [0.05, 0.1) is 22.6 Å². The minimum atomic E-state index is -0.167. The van der Waals surface area contributed by atoms with Crippen LogP contribution in [0.4, 0.5) is 17.1 Å². The molecule has 13 aromatic carbocycles. The summed E-state index contributed by atoms with van der Waals surface area (Å²) >= 11 is 1.73. The van der Waals surface area contributed by atoms with E-state index in [0.717, 1.165) is 123 Å².